The zero-order valence-corrected chi connectivity index (χ0v) is 26.2. The van der Waals surface area contributed by atoms with Gasteiger partial charge in [0.15, 0.2) is 31.3 Å². The van der Waals surface area contributed by atoms with Crippen molar-refractivity contribution in [2.75, 3.05) is 6.61 Å². The maximum absolute atomic E-state index is 14.4. The Morgan fingerprint density at radius 3 is 2.51 bits per heavy atom. The number of allylic oxidation sites excluding steroid dienone is 2. The van der Waals surface area contributed by atoms with Crippen molar-refractivity contribution >= 4 is 19.9 Å². The molecule has 4 aliphatic carbocycles. The lowest BCUT2D eigenvalue weighted by Crippen LogP contribution is -2.64. The predicted molar refractivity (Wildman–Crippen MR) is 151 cm³/mol. The van der Waals surface area contributed by atoms with E-state index in [0.29, 0.717) is 24.8 Å². The molecule has 1 aliphatic heterocycles. The molecule has 0 radical (unpaired) electrons. The van der Waals surface area contributed by atoms with E-state index in [2.05, 4.69) is 47.7 Å². The molecule has 4 fully saturated rings. The third kappa shape index (κ3) is 4.03. The smallest absolute Gasteiger partial charge is 0.192 e. The van der Waals surface area contributed by atoms with Gasteiger partial charge >= 0.3 is 0 Å². The average Bonchev–Trinajstić information content (AvgIpc) is 3.22. The number of Topliss-reactive ketones (excluding diaryl/α,β-unsaturated/α-hetero) is 1. The summed E-state index contributed by atoms with van der Waals surface area (Å²) in [5.74, 6) is -0.950. The van der Waals surface area contributed by atoms with E-state index >= 15 is 0 Å². The van der Waals surface area contributed by atoms with Crippen molar-refractivity contribution in [3.63, 3.8) is 0 Å². The summed E-state index contributed by atoms with van der Waals surface area (Å²) in [6.07, 6.45) is 4.66. The molecular weight excluding hydrogens is 512 g/mol. The van der Waals surface area contributed by atoms with Crippen LogP contribution in [0, 0.1) is 28.6 Å². The Kier molecular flexibility index (Phi) is 6.61. The fraction of sp³-hybridized carbons (Fsp3) is 0.806. The summed E-state index contributed by atoms with van der Waals surface area (Å²) in [6, 6.07) is 0. The Bertz CT molecular complexity index is 1130. The van der Waals surface area contributed by atoms with Crippen LogP contribution in [-0.2, 0) is 23.5 Å². The number of hydrogen-bond acceptors (Lipinski definition) is 7. The first-order valence-electron chi connectivity index (χ1n) is 14.6. The highest BCUT2D eigenvalue weighted by atomic mass is 28.4. The number of aliphatic hydroxyl groups excluding tert-OH is 2. The summed E-state index contributed by atoms with van der Waals surface area (Å²) in [6.45, 7) is 18.8. The van der Waals surface area contributed by atoms with Crippen LogP contribution in [0.3, 0.4) is 0 Å². The summed E-state index contributed by atoms with van der Waals surface area (Å²) in [5, 5.41) is 21.7. The van der Waals surface area contributed by atoms with Gasteiger partial charge in [0.1, 0.15) is 0 Å². The third-order valence-corrected chi connectivity index (χ3v) is 16.3. The van der Waals surface area contributed by atoms with E-state index < -0.39 is 42.7 Å². The van der Waals surface area contributed by atoms with E-state index in [-0.39, 0.29) is 41.0 Å². The highest BCUT2D eigenvalue weighted by Gasteiger charge is 2.77. The average molecular weight is 561 g/mol. The molecule has 0 aromatic carbocycles. The van der Waals surface area contributed by atoms with Gasteiger partial charge in [0.05, 0.1) is 25.1 Å². The maximum atomic E-state index is 14.4. The Labute approximate surface area is 234 Å². The van der Waals surface area contributed by atoms with Crippen LogP contribution >= 0.6 is 0 Å². The largest absolute Gasteiger partial charge is 0.515 e. The van der Waals surface area contributed by atoms with Crippen molar-refractivity contribution < 1.29 is 33.7 Å². The lowest BCUT2D eigenvalue weighted by molar-refractivity contribution is -0.226. The number of rotatable bonds is 4. The molecule has 0 spiro atoms. The summed E-state index contributed by atoms with van der Waals surface area (Å²) in [4.78, 5) is 26.9. The molecule has 0 amide bonds. The van der Waals surface area contributed by atoms with E-state index in [1.165, 1.54) is 0 Å². The monoisotopic (exact) mass is 560 g/mol. The number of hydrogen-bond donors (Lipinski definition) is 2. The molecule has 218 valence electrons. The molecule has 0 aromatic heterocycles. The Hall–Kier alpha value is -1.32. The normalized spacial score (nSPS) is 44.4. The second kappa shape index (κ2) is 8.84. The van der Waals surface area contributed by atoms with E-state index in [1.54, 1.807) is 6.08 Å². The van der Waals surface area contributed by atoms with Gasteiger partial charge in [-0.15, -0.1) is 0 Å². The Morgan fingerprint density at radius 2 is 1.90 bits per heavy atom. The third-order valence-electron chi connectivity index (χ3n) is 11.8. The molecule has 5 aliphatic rings. The molecule has 3 saturated carbocycles. The van der Waals surface area contributed by atoms with Crippen LogP contribution in [0.25, 0.3) is 0 Å². The molecule has 8 atom stereocenters. The fourth-order valence-electron chi connectivity index (χ4n) is 8.95. The quantitative estimate of drug-likeness (QED) is 0.261. The molecular formula is C31H48O7Si. The lowest BCUT2D eigenvalue weighted by Gasteiger charge is -2.60. The van der Waals surface area contributed by atoms with Crippen LogP contribution in [-0.4, -0.2) is 60.3 Å². The predicted octanol–water partition coefficient (Wildman–Crippen LogP) is 5.63. The van der Waals surface area contributed by atoms with Crippen LogP contribution < -0.4 is 0 Å². The van der Waals surface area contributed by atoms with Gasteiger partial charge in [-0.05, 0) is 93.3 Å². The zero-order valence-electron chi connectivity index (χ0n) is 25.2. The van der Waals surface area contributed by atoms with Gasteiger partial charge in [-0.2, -0.15) is 0 Å². The summed E-state index contributed by atoms with van der Waals surface area (Å²) < 4.78 is 19.6. The highest BCUT2D eigenvalue weighted by molar-refractivity contribution is 6.74. The standard InChI is InChI=1S/C31H48O7Si/c1-27(2,3)39(8,9)36-17-24(35)31-25(37-28(4,5)38-31)13-21-20-11-10-19-12-22(33)18(16-32)14-29(19,6)26(20)23(34)15-30(21,31)7/h12,16,20-21,23,25-26,32,34H,10-11,13-15,17H2,1-9H3/t20-,21-,23-,25+,26+,29-,30-,31+/m0/s1. The highest BCUT2D eigenvalue weighted by Crippen LogP contribution is 2.71. The topological polar surface area (TPSA) is 102 Å². The van der Waals surface area contributed by atoms with Gasteiger partial charge in [-0.3, -0.25) is 9.59 Å². The van der Waals surface area contributed by atoms with Crippen LogP contribution in [0.4, 0.5) is 0 Å². The molecule has 0 unspecified atom stereocenters. The number of ketones is 2. The second-order valence-corrected chi connectivity index (χ2v) is 20.2. The van der Waals surface area contributed by atoms with E-state index in [0.717, 1.165) is 24.7 Å². The van der Waals surface area contributed by atoms with Crippen LogP contribution in [0.5, 0.6) is 0 Å². The fourth-order valence-corrected chi connectivity index (χ4v) is 9.88. The molecule has 39 heavy (non-hydrogen) atoms. The molecule has 1 heterocycles. The number of ether oxygens (including phenoxy) is 2. The van der Waals surface area contributed by atoms with Crippen molar-refractivity contribution in [3.8, 4) is 0 Å². The summed E-state index contributed by atoms with van der Waals surface area (Å²) in [5.41, 5.74) is -0.771. The van der Waals surface area contributed by atoms with Crippen molar-refractivity contribution in [2.24, 2.45) is 28.6 Å². The van der Waals surface area contributed by atoms with Gasteiger partial charge in [-0.25, -0.2) is 0 Å². The first-order valence-corrected chi connectivity index (χ1v) is 17.6. The minimum atomic E-state index is -2.18. The minimum Gasteiger partial charge on any atom is -0.515 e. The van der Waals surface area contributed by atoms with Crippen molar-refractivity contribution in [2.45, 2.75) is 122 Å². The molecule has 0 bridgehead atoms. The zero-order chi connectivity index (χ0) is 29.0. The van der Waals surface area contributed by atoms with Gasteiger partial charge in [0, 0.05) is 11.0 Å². The SMILES string of the molecule is CC1(C)O[C@@H]2C[C@H]3[C@@H]4CCC5=CC(=O)C(=CO)C[C@]5(C)[C@H]4[C@@H](O)C[C@]3(C)[C@]2(C(=O)CO[Si](C)(C)C(C)(C)C)O1. The second-order valence-electron chi connectivity index (χ2n) is 15.4. The molecule has 8 heteroatoms. The minimum absolute atomic E-state index is 0.0176. The first kappa shape index (κ1) is 29.2. The van der Waals surface area contributed by atoms with Crippen LogP contribution in [0.1, 0.15) is 80.6 Å². The van der Waals surface area contributed by atoms with Crippen molar-refractivity contribution in [1.82, 2.24) is 0 Å². The Morgan fingerprint density at radius 1 is 1.23 bits per heavy atom. The number of carbonyl (C=O) groups is 2. The van der Waals surface area contributed by atoms with Gasteiger partial charge < -0.3 is 24.1 Å². The summed E-state index contributed by atoms with van der Waals surface area (Å²) in [7, 11) is -2.18. The number of carbonyl (C=O) groups excluding carboxylic acids is 2. The number of fused-ring (bicyclic) bond motifs is 7. The van der Waals surface area contributed by atoms with E-state index in [1.807, 2.05) is 13.8 Å². The van der Waals surface area contributed by atoms with Crippen molar-refractivity contribution in [1.29, 1.82) is 0 Å². The van der Waals surface area contributed by atoms with E-state index in [9.17, 15) is 19.8 Å². The van der Waals surface area contributed by atoms with Gasteiger partial charge in [-0.1, -0.05) is 40.2 Å². The first-order chi connectivity index (χ1) is 17.8. The van der Waals surface area contributed by atoms with E-state index in [4.69, 9.17) is 13.9 Å². The van der Waals surface area contributed by atoms with Gasteiger partial charge in [0.25, 0.3) is 0 Å². The van der Waals surface area contributed by atoms with Crippen LogP contribution in [0.2, 0.25) is 18.1 Å². The van der Waals surface area contributed by atoms with Crippen LogP contribution in [0.15, 0.2) is 23.5 Å². The lowest BCUT2D eigenvalue weighted by atomic mass is 9.45. The molecule has 1 saturated heterocycles. The van der Waals surface area contributed by atoms with Gasteiger partial charge in [0.2, 0.25) is 0 Å². The van der Waals surface area contributed by atoms with Crippen molar-refractivity contribution in [3.05, 3.63) is 23.5 Å². The molecule has 2 N–H and O–H groups in total. The summed E-state index contributed by atoms with van der Waals surface area (Å²) >= 11 is 0. The molecule has 7 nitrogen and oxygen atoms in total. The number of aliphatic hydroxyl groups is 2. The Balaban J connectivity index is 1.52. The molecule has 5 rings (SSSR count). The molecule has 0 aromatic rings. The maximum Gasteiger partial charge on any atom is 0.192 e.